The first-order valence-electron chi connectivity index (χ1n) is 13.6. The average molecular weight is 529 g/mol. The number of benzene rings is 5. The maximum absolute atomic E-state index is 6.13. The van der Waals surface area contributed by atoms with Crippen LogP contribution in [-0.4, -0.2) is 14.9 Å². The van der Waals surface area contributed by atoms with Crippen molar-refractivity contribution in [1.29, 1.82) is 0 Å². The second-order valence-electron chi connectivity index (χ2n) is 10.2. The van der Waals surface area contributed by atoms with E-state index in [0.717, 1.165) is 40.7 Å². The third kappa shape index (κ3) is 5.98. The molecule has 5 aromatic rings. The Kier molecular flexibility index (Phi) is 7.96. The summed E-state index contributed by atoms with van der Waals surface area (Å²) >= 11 is 0. The zero-order chi connectivity index (χ0) is 27.2. The number of anilines is 6. The van der Waals surface area contributed by atoms with Gasteiger partial charge < -0.3 is 14.2 Å². The minimum Gasteiger partial charge on any atom is -0.413 e. The summed E-state index contributed by atoms with van der Waals surface area (Å²) in [5.74, 6) is 0. The minimum absolute atomic E-state index is 0.742. The molecule has 0 aromatic heterocycles. The first-order valence-corrected chi connectivity index (χ1v) is 16.5. The fourth-order valence-corrected chi connectivity index (χ4v) is 6.81. The molecule has 0 aliphatic carbocycles. The first-order chi connectivity index (χ1) is 19.0. The fraction of sp³-hybridized carbons (Fsp3) is 0.143. The summed E-state index contributed by atoms with van der Waals surface area (Å²) < 4.78 is 6.13. The van der Waals surface area contributed by atoms with Gasteiger partial charge in [-0.3, -0.25) is 0 Å². The molecule has 0 amide bonds. The Labute approximate surface area is 234 Å². The van der Waals surface area contributed by atoms with Crippen LogP contribution in [-0.2, 0) is 4.43 Å². The lowest BCUT2D eigenvalue weighted by Crippen LogP contribution is -2.44. The van der Waals surface area contributed by atoms with Gasteiger partial charge in [-0.2, -0.15) is 0 Å². The van der Waals surface area contributed by atoms with E-state index in [1.165, 1.54) is 10.8 Å². The van der Waals surface area contributed by atoms with Crippen LogP contribution >= 0.6 is 0 Å². The summed E-state index contributed by atoms with van der Waals surface area (Å²) in [5.41, 5.74) is 7.98. The van der Waals surface area contributed by atoms with Crippen LogP contribution in [0, 0.1) is 6.92 Å². The predicted octanol–water partition coefficient (Wildman–Crippen LogP) is 9.38. The minimum atomic E-state index is -1.91. The molecule has 196 valence electrons. The smallest absolute Gasteiger partial charge is 0.218 e. The lowest BCUT2D eigenvalue weighted by Gasteiger charge is -2.29. The van der Waals surface area contributed by atoms with Crippen molar-refractivity contribution in [1.82, 2.24) is 0 Å². The highest BCUT2D eigenvalue weighted by Gasteiger charge is 2.25. The molecule has 0 bridgehead atoms. The zero-order valence-electron chi connectivity index (χ0n) is 23.2. The number of hydrogen-bond acceptors (Lipinski definition) is 3. The molecule has 5 aromatic carbocycles. The van der Waals surface area contributed by atoms with E-state index in [9.17, 15) is 0 Å². The molecule has 3 nitrogen and oxygen atoms in total. The summed E-state index contributed by atoms with van der Waals surface area (Å²) in [4.78, 5) is 4.60. The van der Waals surface area contributed by atoms with E-state index in [1.54, 1.807) is 0 Å². The van der Waals surface area contributed by atoms with E-state index in [0.29, 0.717) is 0 Å². The highest BCUT2D eigenvalue weighted by molar-refractivity contribution is 6.84. The summed E-state index contributed by atoms with van der Waals surface area (Å²) in [7, 11) is -1.91. The van der Waals surface area contributed by atoms with Gasteiger partial charge in [0.05, 0.1) is 0 Å². The summed E-state index contributed by atoms with van der Waals surface area (Å²) in [6, 6.07) is 47.5. The van der Waals surface area contributed by atoms with Crippen LogP contribution in [0.2, 0.25) is 13.1 Å². The van der Waals surface area contributed by atoms with Crippen LogP contribution in [0.1, 0.15) is 12.5 Å². The van der Waals surface area contributed by atoms with E-state index in [-0.39, 0.29) is 0 Å². The number of nitrogens with zero attached hydrogens (tertiary/aromatic N) is 2. The number of para-hydroxylation sites is 2. The standard InChI is InChI=1S/C35H36N2OSi/c1-5-38-39(3,4)35-26-24-34(25-27-35)37(31-18-16-28(2)17-19-31)33-22-20-32(21-23-33)36(29-12-8-6-9-13-29)30-14-10-7-11-15-30/h6-27H,5H2,1-4H3. The summed E-state index contributed by atoms with van der Waals surface area (Å²) in [6.07, 6.45) is 0. The predicted molar refractivity (Wildman–Crippen MR) is 169 cm³/mol. The van der Waals surface area contributed by atoms with Gasteiger partial charge in [0.2, 0.25) is 8.32 Å². The van der Waals surface area contributed by atoms with Gasteiger partial charge in [0, 0.05) is 40.7 Å². The molecule has 0 saturated carbocycles. The molecule has 0 atom stereocenters. The van der Waals surface area contributed by atoms with Gasteiger partial charge in [0.1, 0.15) is 0 Å². The van der Waals surface area contributed by atoms with E-state index >= 15 is 0 Å². The topological polar surface area (TPSA) is 15.7 Å². The van der Waals surface area contributed by atoms with Gasteiger partial charge in [-0.1, -0.05) is 66.2 Å². The van der Waals surface area contributed by atoms with Gasteiger partial charge in [-0.25, -0.2) is 0 Å². The van der Waals surface area contributed by atoms with Crippen LogP contribution in [0.3, 0.4) is 0 Å². The molecule has 0 spiro atoms. The van der Waals surface area contributed by atoms with Crippen molar-refractivity contribution in [2.75, 3.05) is 16.4 Å². The SMILES string of the molecule is CCO[Si](C)(C)c1ccc(N(c2ccc(C)cc2)c2ccc(N(c3ccccc3)c3ccccc3)cc2)cc1. The third-order valence-electron chi connectivity index (χ3n) is 7.01. The maximum Gasteiger partial charge on any atom is 0.218 e. The molecular formula is C35H36N2OSi. The van der Waals surface area contributed by atoms with E-state index in [4.69, 9.17) is 4.43 Å². The van der Waals surface area contributed by atoms with Crippen molar-refractivity contribution in [2.24, 2.45) is 0 Å². The Morgan fingerprint density at radius 2 is 0.821 bits per heavy atom. The van der Waals surface area contributed by atoms with Crippen molar-refractivity contribution in [3.05, 3.63) is 139 Å². The van der Waals surface area contributed by atoms with Gasteiger partial charge >= 0.3 is 0 Å². The van der Waals surface area contributed by atoms with Crippen molar-refractivity contribution in [3.63, 3.8) is 0 Å². The Hall–Kier alpha value is -4.12. The van der Waals surface area contributed by atoms with Crippen molar-refractivity contribution in [2.45, 2.75) is 26.9 Å². The van der Waals surface area contributed by atoms with Crippen LogP contribution in [0.4, 0.5) is 34.1 Å². The van der Waals surface area contributed by atoms with E-state index < -0.39 is 8.32 Å². The average Bonchev–Trinajstić information content (AvgIpc) is 2.97. The highest BCUT2D eigenvalue weighted by atomic mass is 28.4. The van der Waals surface area contributed by atoms with Gasteiger partial charge in [0.15, 0.2) is 0 Å². The second kappa shape index (κ2) is 11.7. The van der Waals surface area contributed by atoms with Gasteiger partial charge in [-0.15, -0.1) is 0 Å². The van der Waals surface area contributed by atoms with Gasteiger partial charge in [-0.05, 0) is 105 Å². The number of rotatable bonds is 9. The number of aryl methyl sites for hydroxylation is 1. The van der Waals surface area contributed by atoms with Crippen LogP contribution < -0.4 is 15.0 Å². The molecule has 0 unspecified atom stereocenters. The monoisotopic (exact) mass is 528 g/mol. The summed E-state index contributed by atoms with van der Waals surface area (Å²) in [6.45, 7) is 9.45. The molecule has 5 rings (SSSR count). The molecule has 0 radical (unpaired) electrons. The molecule has 0 fully saturated rings. The first kappa shape index (κ1) is 26.5. The fourth-order valence-electron chi connectivity index (χ4n) is 4.95. The molecule has 0 saturated heterocycles. The van der Waals surface area contributed by atoms with Crippen LogP contribution in [0.15, 0.2) is 133 Å². The van der Waals surface area contributed by atoms with Crippen molar-refractivity contribution >= 4 is 47.6 Å². The normalized spacial score (nSPS) is 11.3. The molecule has 0 heterocycles. The van der Waals surface area contributed by atoms with Crippen LogP contribution in [0.5, 0.6) is 0 Å². The Bertz CT molecular complexity index is 1430. The van der Waals surface area contributed by atoms with Crippen LogP contribution in [0.25, 0.3) is 0 Å². The summed E-state index contributed by atoms with van der Waals surface area (Å²) in [5, 5.41) is 1.30. The molecule has 0 aliphatic heterocycles. The van der Waals surface area contributed by atoms with Gasteiger partial charge in [0.25, 0.3) is 0 Å². The molecule has 0 aliphatic rings. The highest BCUT2D eigenvalue weighted by Crippen LogP contribution is 2.38. The van der Waals surface area contributed by atoms with Crippen molar-refractivity contribution < 1.29 is 4.43 Å². The number of hydrogen-bond donors (Lipinski definition) is 0. The second-order valence-corrected chi connectivity index (χ2v) is 14.1. The molecule has 4 heteroatoms. The molecule has 0 N–H and O–H groups in total. The maximum atomic E-state index is 6.13. The molecule has 39 heavy (non-hydrogen) atoms. The lowest BCUT2D eigenvalue weighted by atomic mass is 10.1. The zero-order valence-corrected chi connectivity index (χ0v) is 24.2. The van der Waals surface area contributed by atoms with E-state index in [2.05, 4.69) is 170 Å². The Morgan fingerprint density at radius 3 is 1.21 bits per heavy atom. The quantitative estimate of drug-likeness (QED) is 0.177. The third-order valence-corrected chi connectivity index (χ3v) is 9.75. The van der Waals surface area contributed by atoms with E-state index in [1.807, 2.05) is 0 Å². The lowest BCUT2D eigenvalue weighted by molar-refractivity contribution is 0.339. The molecular weight excluding hydrogens is 492 g/mol. The Morgan fingerprint density at radius 1 is 0.487 bits per heavy atom. The van der Waals surface area contributed by atoms with Crippen molar-refractivity contribution in [3.8, 4) is 0 Å². The Balaban J connectivity index is 1.54. The largest absolute Gasteiger partial charge is 0.413 e.